The lowest BCUT2D eigenvalue weighted by Crippen LogP contribution is -2.22. The van der Waals surface area contributed by atoms with Crippen molar-refractivity contribution in [2.24, 2.45) is 0 Å². The second-order valence-electron chi connectivity index (χ2n) is 6.00. The predicted molar refractivity (Wildman–Crippen MR) is 101 cm³/mol. The van der Waals surface area contributed by atoms with Gasteiger partial charge < -0.3 is 9.73 Å². The van der Waals surface area contributed by atoms with E-state index >= 15 is 0 Å². The first-order valence-corrected chi connectivity index (χ1v) is 8.43. The van der Waals surface area contributed by atoms with E-state index in [9.17, 15) is 14.9 Å². The van der Waals surface area contributed by atoms with Crippen molar-refractivity contribution in [1.29, 1.82) is 0 Å². The Balaban J connectivity index is 1.78. The van der Waals surface area contributed by atoms with Crippen LogP contribution in [0.3, 0.4) is 0 Å². The van der Waals surface area contributed by atoms with Crippen LogP contribution in [0.25, 0.3) is 16.6 Å². The Morgan fingerprint density at radius 2 is 2.11 bits per heavy atom. The zero-order valence-electron chi connectivity index (χ0n) is 14.0. The highest BCUT2D eigenvalue weighted by atomic mass is 35.5. The van der Waals surface area contributed by atoms with Crippen molar-refractivity contribution in [2.45, 2.75) is 13.0 Å². The van der Waals surface area contributed by atoms with E-state index in [1.807, 2.05) is 0 Å². The van der Waals surface area contributed by atoms with Gasteiger partial charge >= 0.3 is 11.2 Å². The number of nitro groups is 1. The Kier molecular flexibility index (Phi) is 4.04. The SMILES string of the molecule is CC(Nc1nc2ccccn2c(=O)c1[N+](=O)[O-])c1cc2cc(Cl)ccc2o1. The first kappa shape index (κ1) is 17.0. The fraction of sp³-hybridized carbons (Fsp3) is 0.111. The van der Waals surface area contributed by atoms with Gasteiger partial charge in [0.25, 0.3) is 0 Å². The van der Waals surface area contributed by atoms with E-state index in [-0.39, 0.29) is 5.82 Å². The van der Waals surface area contributed by atoms with Crippen LogP contribution >= 0.6 is 11.6 Å². The number of rotatable bonds is 4. The Labute approximate surface area is 157 Å². The van der Waals surface area contributed by atoms with Crippen LogP contribution in [0.1, 0.15) is 18.7 Å². The fourth-order valence-electron chi connectivity index (χ4n) is 2.87. The lowest BCUT2D eigenvalue weighted by Gasteiger charge is -2.12. The summed E-state index contributed by atoms with van der Waals surface area (Å²) in [5, 5.41) is 15.8. The van der Waals surface area contributed by atoms with Crippen LogP contribution in [0.5, 0.6) is 0 Å². The number of furan rings is 1. The van der Waals surface area contributed by atoms with Gasteiger partial charge in [0.2, 0.25) is 5.82 Å². The summed E-state index contributed by atoms with van der Waals surface area (Å²) in [5.41, 5.74) is -0.426. The van der Waals surface area contributed by atoms with Crippen LogP contribution in [0, 0.1) is 10.1 Å². The van der Waals surface area contributed by atoms with Gasteiger partial charge in [-0.3, -0.25) is 19.3 Å². The highest BCUT2D eigenvalue weighted by Crippen LogP contribution is 2.29. The zero-order valence-corrected chi connectivity index (χ0v) is 14.8. The van der Waals surface area contributed by atoms with E-state index in [1.165, 1.54) is 6.20 Å². The molecule has 8 nitrogen and oxygen atoms in total. The smallest absolute Gasteiger partial charge is 0.376 e. The third-order valence-electron chi connectivity index (χ3n) is 4.17. The normalized spacial score (nSPS) is 12.4. The summed E-state index contributed by atoms with van der Waals surface area (Å²) < 4.78 is 6.91. The van der Waals surface area contributed by atoms with Gasteiger partial charge in [0.05, 0.1) is 11.0 Å². The highest BCUT2D eigenvalue weighted by molar-refractivity contribution is 6.31. The molecule has 1 N–H and O–H groups in total. The van der Waals surface area contributed by atoms with Crippen molar-refractivity contribution in [3.05, 3.63) is 79.9 Å². The van der Waals surface area contributed by atoms with Crippen LogP contribution in [-0.4, -0.2) is 14.3 Å². The van der Waals surface area contributed by atoms with E-state index in [2.05, 4.69) is 10.3 Å². The van der Waals surface area contributed by atoms with Gasteiger partial charge in [0, 0.05) is 16.6 Å². The molecule has 9 heteroatoms. The van der Waals surface area contributed by atoms with Crippen molar-refractivity contribution in [3.63, 3.8) is 0 Å². The van der Waals surface area contributed by atoms with Gasteiger partial charge in [-0.15, -0.1) is 0 Å². The summed E-state index contributed by atoms with van der Waals surface area (Å²) in [6, 6.07) is 11.5. The monoisotopic (exact) mass is 384 g/mol. The van der Waals surface area contributed by atoms with Gasteiger partial charge in [-0.05, 0) is 43.3 Å². The Hall–Kier alpha value is -3.39. The van der Waals surface area contributed by atoms with Crippen LogP contribution in [0.4, 0.5) is 11.5 Å². The molecule has 0 saturated heterocycles. The topological polar surface area (TPSA) is 103 Å². The third-order valence-corrected chi connectivity index (χ3v) is 4.41. The van der Waals surface area contributed by atoms with E-state index in [0.717, 1.165) is 9.79 Å². The molecule has 0 aliphatic carbocycles. The molecule has 0 spiro atoms. The Morgan fingerprint density at radius 1 is 1.30 bits per heavy atom. The molecule has 0 radical (unpaired) electrons. The average Bonchev–Trinajstić information content (AvgIpc) is 3.05. The number of benzene rings is 1. The van der Waals surface area contributed by atoms with Gasteiger partial charge in [0.15, 0.2) is 0 Å². The highest BCUT2D eigenvalue weighted by Gasteiger charge is 2.25. The van der Waals surface area contributed by atoms with Crippen molar-refractivity contribution in [2.75, 3.05) is 5.32 Å². The number of aromatic nitrogens is 2. The standard InChI is InChI=1S/C18H13ClN4O4/c1-10(14-9-11-8-12(19)5-6-13(11)27-14)20-17-16(23(25)26)18(24)22-7-3-2-4-15(22)21-17/h2-10,20H,1H3. The molecule has 3 heterocycles. The molecule has 4 aromatic rings. The molecule has 0 amide bonds. The average molecular weight is 385 g/mol. The lowest BCUT2D eigenvalue weighted by molar-refractivity contribution is -0.385. The zero-order chi connectivity index (χ0) is 19.1. The number of fused-ring (bicyclic) bond motifs is 2. The Bertz CT molecular complexity index is 1250. The number of nitrogens with one attached hydrogen (secondary N) is 1. The number of pyridine rings is 1. The second kappa shape index (κ2) is 6.40. The molecular formula is C18H13ClN4O4. The van der Waals surface area contributed by atoms with Crippen LogP contribution < -0.4 is 10.9 Å². The van der Waals surface area contributed by atoms with Gasteiger partial charge in [0.1, 0.15) is 17.0 Å². The quantitative estimate of drug-likeness (QED) is 0.418. The maximum Gasteiger partial charge on any atom is 0.376 e. The first-order chi connectivity index (χ1) is 12.9. The lowest BCUT2D eigenvalue weighted by atomic mass is 10.2. The molecule has 3 aromatic heterocycles. The van der Waals surface area contributed by atoms with Crippen LogP contribution in [0.2, 0.25) is 5.02 Å². The number of hydrogen-bond donors (Lipinski definition) is 1. The minimum absolute atomic E-state index is 0.109. The minimum atomic E-state index is -0.753. The first-order valence-electron chi connectivity index (χ1n) is 8.05. The molecule has 0 fully saturated rings. The van der Waals surface area contributed by atoms with E-state index in [0.29, 0.717) is 22.0 Å². The van der Waals surface area contributed by atoms with E-state index in [1.54, 1.807) is 49.4 Å². The molecule has 1 unspecified atom stereocenters. The molecule has 1 aromatic carbocycles. The second-order valence-corrected chi connectivity index (χ2v) is 6.43. The van der Waals surface area contributed by atoms with Gasteiger partial charge in [-0.1, -0.05) is 17.7 Å². The summed E-state index contributed by atoms with van der Waals surface area (Å²) in [6.07, 6.45) is 1.44. The summed E-state index contributed by atoms with van der Waals surface area (Å²) in [7, 11) is 0. The summed E-state index contributed by atoms with van der Waals surface area (Å²) >= 11 is 5.99. The molecule has 136 valence electrons. The predicted octanol–water partition coefficient (Wildman–Crippen LogP) is 4.18. The molecule has 4 rings (SSSR count). The van der Waals surface area contributed by atoms with Crippen LogP contribution in [-0.2, 0) is 0 Å². The fourth-order valence-corrected chi connectivity index (χ4v) is 3.05. The van der Waals surface area contributed by atoms with E-state index in [4.69, 9.17) is 16.0 Å². The third kappa shape index (κ3) is 3.00. The molecule has 0 bridgehead atoms. The maximum absolute atomic E-state index is 12.5. The molecular weight excluding hydrogens is 372 g/mol. The molecule has 0 aliphatic rings. The maximum atomic E-state index is 12.5. The van der Waals surface area contributed by atoms with E-state index < -0.39 is 22.2 Å². The number of halogens is 1. The van der Waals surface area contributed by atoms with Crippen molar-refractivity contribution < 1.29 is 9.34 Å². The van der Waals surface area contributed by atoms with Gasteiger partial charge in [-0.25, -0.2) is 4.98 Å². The largest absolute Gasteiger partial charge is 0.459 e. The molecule has 0 aliphatic heterocycles. The minimum Gasteiger partial charge on any atom is -0.459 e. The van der Waals surface area contributed by atoms with Crippen molar-refractivity contribution >= 4 is 39.7 Å². The van der Waals surface area contributed by atoms with Crippen molar-refractivity contribution in [3.8, 4) is 0 Å². The van der Waals surface area contributed by atoms with Crippen LogP contribution in [0.15, 0.2) is 57.9 Å². The summed E-state index contributed by atoms with van der Waals surface area (Å²) in [4.78, 5) is 27.5. The molecule has 27 heavy (non-hydrogen) atoms. The van der Waals surface area contributed by atoms with Crippen molar-refractivity contribution in [1.82, 2.24) is 9.38 Å². The molecule has 0 saturated carbocycles. The Morgan fingerprint density at radius 3 is 2.89 bits per heavy atom. The molecule has 1 atom stereocenters. The number of nitrogens with zero attached hydrogens (tertiary/aromatic N) is 3. The summed E-state index contributed by atoms with van der Waals surface area (Å²) in [6.45, 7) is 1.76. The van der Waals surface area contributed by atoms with Gasteiger partial charge in [-0.2, -0.15) is 0 Å². The number of hydrogen-bond acceptors (Lipinski definition) is 6. The number of anilines is 1. The summed E-state index contributed by atoms with van der Waals surface area (Å²) in [5.74, 6) is 0.429.